The molecule has 0 spiro atoms. The number of nitrogens with one attached hydrogen (secondary N) is 2. The molecular weight excluding hydrogens is 359 g/mol. The number of benzene rings is 2. The Bertz CT molecular complexity index is 960. The maximum Gasteiger partial charge on any atom is 0.175 e. The zero-order valence-electron chi connectivity index (χ0n) is 14.1. The van der Waals surface area contributed by atoms with E-state index in [1.807, 2.05) is 18.2 Å². The molecule has 130 valence electrons. The summed E-state index contributed by atoms with van der Waals surface area (Å²) in [6, 6.07) is 12.0. The zero-order valence-corrected chi connectivity index (χ0v) is 15.7. The molecule has 2 N–H and O–H groups in total. The molecular formula is C19H18ClFN2OS. The minimum absolute atomic E-state index is 0.277. The van der Waals surface area contributed by atoms with Gasteiger partial charge in [0.2, 0.25) is 0 Å². The molecule has 3 nitrogen and oxygen atoms in total. The van der Waals surface area contributed by atoms with Crippen LogP contribution in [0, 0.1) is 10.6 Å². The molecule has 3 aromatic rings. The van der Waals surface area contributed by atoms with Crippen molar-refractivity contribution in [2.75, 3.05) is 7.11 Å². The van der Waals surface area contributed by atoms with E-state index >= 15 is 0 Å². The van der Waals surface area contributed by atoms with E-state index < -0.39 is 5.41 Å². The van der Waals surface area contributed by atoms with Gasteiger partial charge in [0.15, 0.2) is 4.77 Å². The highest BCUT2D eigenvalue weighted by molar-refractivity contribution is 7.71. The van der Waals surface area contributed by atoms with Crippen molar-refractivity contribution in [1.29, 1.82) is 0 Å². The smallest absolute Gasteiger partial charge is 0.175 e. The van der Waals surface area contributed by atoms with Crippen LogP contribution >= 0.6 is 23.8 Å². The van der Waals surface area contributed by atoms with Crippen LogP contribution in [0.15, 0.2) is 42.5 Å². The number of aromatic nitrogens is 2. The van der Waals surface area contributed by atoms with E-state index in [-0.39, 0.29) is 5.82 Å². The third kappa shape index (κ3) is 3.34. The second kappa shape index (κ2) is 6.65. The summed E-state index contributed by atoms with van der Waals surface area (Å²) in [6.45, 7) is 4.16. The van der Waals surface area contributed by atoms with E-state index in [2.05, 4.69) is 23.8 Å². The minimum atomic E-state index is -0.408. The van der Waals surface area contributed by atoms with Crippen molar-refractivity contribution >= 4 is 23.8 Å². The number of rotatable bonds is 4. The second-order valence-electron chi connectivity index (χ2n) is 6.31. The summed E-state index contributed by atoms with van der Waals surface area (Å²) in [6.07, 6.45) is 0. The van der Waals surface area contributed by atoms with Gasteiger partial charge in [-0.15, -0.1) is 0 Å². The van der Waals surface area contributed by atoms with Crippen molar-refractivity contribution in [2.24, 2.45) is 0 Å². The summed E-state index contributed by atoms with van der Waals surface area (Å²) in [5, 5.41) is 0.558. The van der Waals surface area contributed by atoms with E-state index in [0.29, 0.717) is 15.5 Å². The van der Waals surface area contributed by atoms with Crippen LogP contribution in [0.3, 0.4) is 0 Å². The lowest BCUT2D eigenvalue weighted by molar-refractivity contribution is 0.413. The van der Waals surface area contributed by atoms with Crippen molar-refractivity contribution in [3.8, 4) is 17.0 Å². The fraction of sp³-hybridized carbons (Fsp3) is 0.211. The molecule has 3 rings (SSSR count). The van der Waals surface area contributed by atoms with E-state index in [9.17, 15) is 4.39 Å². The molecule has 0 unspecified atom stereocenters. The van der Waals surface area contributed by atoms with Crippen molar-refractivity contribution < 1.29 is 9.13 Å². The summed E-state index contributed by atoms with van der Waals surface area (Å²) >= 11 is 11.5. The molecule has 0 atom stereocenters. The molecule has 6 heteroatoms. The first-order valence-electron chi connectivity index (χ1n) is 7.75. The lowest BCUT2D eigenvalue weighted by Gasteiger charge is -2.26. The highest BCUT2D eigenvalue weighted by atomic mass is 35.5. The van der Waals surface area contributed by atoms with Gasteiger partial charge in [-0.1, -0.05) is 31.5 Å². The molecule has 1 heterocycles. The number of H-pyrrole nitrogens is 2. The molecule has 0 radical (unpaired) electrons. The Labute approximate surface area is 155 Å². The highest BCUT2D eigenvalue weighted by Crippen LogP contribution is 2.38. The molecule has 0 amide bonds. The van der Waals surface area contributed by atoms with Crippen molar-refractivity contribution in [3.63, 3.8) is 0 Å². The number of aromatic amines is 2. The molecule has 1 aromatic heterocycles. The number of methoxy groups -OCH3 is 1. The van der Waals surface area contributed by atoms with E-state index in [1.165, 1.54) is 12.1 Å². The maximum absolute atomic E-state index is 13.3. The predicted molar refractivity (Wildman–Crippen MR) is 102 cm³/mol. The minimum Gasteiger partial charge on any atom is -0.495 e. The van der Waals surface area contributed by atoms with Crippen LogP contribution in [0.4, 0.5) is 4.39 Å². The van der Waals surface area contributed by atoms with Crippen LogP contribution in [-0.2, 0) is 5.41 Å². The van der Waals surface area contributed by atoms with Gasteiger partial charge in [0.1, 0.15) is 11.6 Å². The Morgan fingerprint density at radius 2 is 1.76 bits per heavy atom. The molecule has 0 bridgehead atoms. The van der Waals surface area contributed by atoms with Crippen LogP contribution < -0.4 is 4.74 Å². The SMILES string of the molecule is COc1cc(C(C)(C)c2[nH]c(=S)[nH]c2-c2ccc(F)cc2)ccc1Cl. The van der Waals surface area contributed by atoms with Gasteiger partial charge in [-0.3, -0.25) is 0 Å². The molecule has 25 heavy (non-hydrogen) atoms. The molecule has 0 saturated carbocycles. The van der Waals surface area contributed by atoms with Crippen molar-refractivity contribution in [2.45, 2.75) is 19.3 Å². The lowest BCUT2D eigenvalue weighted by Crippen LogP contribution is -2.20. The number of imidazole rings is 1. The average molecular weight is 377 g/mol. The zero-order chi connectivity index (χ0) is 18.2. The first kappa shape index (κ1) is 17.7. The molecule has 0 aliphatic heterocycles. The molecule has 2 aromatic carbocycles. The van der Waals surface area contributed by atoms with Gasteiger partial charge in [-0.2, -0.15) is 0 Å². The molecule has 0 saturated heterocycles. The lowest BCUT2D eigenvalue weighted by atomic mass is 9.79. The van der Waals surface area contributed by atoms with Crippen molar-refractivity contribution in [1.82, 2.24) is 9.97 Å². The van der Waals surface area contributed by atoms with Crippen LogP contribution in [-0.4, -0.2) is 17.1 Å². The van der Waals surface area contributed by atoms with E-state index in [4.69, 9.17) is 28.6 Å². The summed E-state index contributed by atoms with van der Waals surface area (Å²) in [4.78, 5) is 6.42. The predicted octanol–water partition coefficient (Wildman–Crippen LogP) is 5.87. The standard InChI is InChI=1S/C19H18ClFN2OS/c1-19(2,12-6-9-14(20)15(10-12)24-3)17-16(22-18(25)23-17)11-4-7-13(21)8-5-11/h4-10H,1-3H3,(H2,22,23,25). The van der Waals surface area contributed by atoms with Gasteiger partial charge in [0.25, 0.3) is 0 Å². The number of ether oxygens (including phenoxy) is 1. The third-order valence-electron chi connectivity index (χ3n) is 4.36. The molecule has 0 aliphatic carbocycles. The fourth-order valence-electron chi connectivity index (χ4n) is 2.88. The van der Waals surface area contributed by atoms with Crippen LogP contribution in [0.5, 0.6) is 5.75 Å². The Morgan fingerprint density at radius 1 is 1.08 bits per heavy atom. The van der Waals surface area contributed by atoms with Gasteiger partial charge >= 0.3 is 0 Å². The van der Waals surface area contributed by atoms with E-state index in [0.717, 1.165) is 22.5 Å². The summed E-state index contributed by atoms with van der Waals surface area (Å²) in [5.41, 5.74) is 3.22. The van der Waals surface area contributed by atoms with Gasteiger partial charge in [-0.05, 0) is 54.2 Å². The Hall–Kier alpha value is -2.11. The van der Waals surface area contributed by atoms with Crippen LogP contribution in [0.1, 0.15) is 25.1 Å². The number of halogens is 2. The summed E-state index contributed by atoms with van der Waals surface area (Å²) in [5.74, 6) is 0.339. The van der Waals surface area contributed by atoms with Gasteiger partial charge in [-0.25, -0.2) is 4.39 Å². The Morgan fingerprint density at radius 3 is 2.40 bits per heavy atom. The van der Waals surface area contributed by atoms with Gasteiger partial charge < -0.3 is 14.7 Å². The topological polar surface area (TPSA) is 40.8 Å². The fourth-order valence-corrected chi connectivity index (χ4v) is 3.28. The molecule has 0 fully saturated rings. The summed E-state index contributed by atoms with van der Waals surface area (Å²) in [7, 11) is 1.59. The first-order valence-corrected chi connectivity index (χ1v) is 8.54. The third-order valence-corrected chi connectivity index (χ3v) is 4.87. The number of hydrogen-bond acceptors (Lipinski definition) is 2. The van der Waals surface area contributed by atoms with Gasteiger partial charge in [0, 0.05) is 11.0 Å². The largest absolute Gasteiger partial charge is 0.495 e. The highest BCUT2D eigenvalue weighted by Gasteiger charge is 2.29. The average Bonchev–Trinajstić information content (AvgIpc) is 2.98. The second-order valence-corrected chi connectivity index (χ2v) is 7.13. The quantitative estimate of drug-likeness (QED) is 0.559. The Balaban J connectivity index is 2.15. The van der Waals surface area contributed by atoms with Crippen LogP contribution in [0.25, 0.3) is 11.3 Å². The van der Waals surface area contributed by atoms with Crippen LogP contribution in [0.2, 0.25) is 5.02 Å². The normalized spacial score (nSPS) is 11.6. The van der Waals surface area contributed by atoms with Gasteiger partial charge in [0.05, 0.1) is 23.5 Å². The van der Waals surface area contributed by atoms with E-state index in [1.54, 1.807) is 19.2 Å². The Kier molecular flexibility index (Phi) is 4.71. The molecule has 0 aliphatic rings. The maximum atomic E-state index is 13.3. The first-order chi connectivity index (χ1) is 11.8. The number of hydrogen-bond donors (Lipinski definition) is 2. The summed E-state index contributed by atoms with van der Waals surface area (Å²) < 4.78 is 19.1. The van der Waals surface area contributed by atoms with Crippen molar-refractivity contribution in [3.05, 3.63) is 69.3 Å². The monoisotopic (exact) mass is 376 g/mol.